The molecule has 0 radical (unpaired) electrons. The molecule has 1 atom stereocenters. The van der Waals surface area contributed by atoms with E-state index in [1.165, 1.54) is 6.08 Å². The van der Waals surface area contributed by atoms with Crippen LogP contribution in [-0.2, 0) is 18.4 Å². The van der Waals surface area contributed by atoms with Crippen molar-refractivity contribution in [2.75, 3.05) is 13.2 Å². The van der Waals surface area contributed by atoms with Gasteiger partial charge in [0.05, 0.1) is 0 Å². The lowest BCUT2D eigenvalue weighted by atomic mass is 10.3. The molecule has 4 nitrogen and oxygen atoms in total. The Morgan fingerprint density at radius 3 is 2.22 bits per heavy atom. The molecule has 0 aromatic carbocycles. The van der Waals surface area contributed by atoms with E-state index >= 15 is 0 Å². The molecule has 106 valence electrons. The Hall–Kier alpha value is -0.653. The average Bonchev–Trinajstić information content (AvgIpc) is 2.34. The highest BCUT2D eigenvalue weighted by Gasteiger charge is 2.43. The maximum absolute atomic E-state index is 11.4. The topological polar surface area (TPSA) is 44.8 Å². The van der Waals surface area contributed by atoms with Crippen molar-refractivity contribution in [3.05, 3.63) is 12.7 Å². The largest absolute Gasteiger partial charge is 0.457 e. The molecule has 0 saturated heterocycles. The molecule has 1 unspecified atom stereocenters. The fourth-order valence-electron chi connectivity index (χ4n) is 1.81. The minimum atomic E-state index is -2.49. The summed E-state index contributed by atoms with van der Waals surface area (Å²) in [4.78, 5) is 11.4. The Morgan fingerprint density at radius 2 is 1.83 bits per heavy atom. The van der Waals surface area contributed by atoms with E-state index in [2.05, 4.69) is 13.5 Å². The Kier molecular flexibility index (Phi) is 8.96. The first-order valence-electron chi connectivity index (χ1n) is 6.64. The number of carbonyl (C=O) groups excluding carboxylic acids is 1. The predicted octanol–water partition coefficient (Wildman–Crippen LogP) is 2.96. The zero-order chi connectivity index (χ0) is 14.0. The van der Waals surface area contributed by atoms with Gasteiger partial charge in [-0.15, -0.1) is 0 Å². The second kappa shape index (κ2) is 9.30. The Bertz CT molecular complexity index is 249. The van der Waals surface area contributed by atoms with Gasteiger partial charge in [0.2, 0.25) is 0 Å². The molecule has 0 bridgehead atoms. The van der Waals surface area contributed by atoms with Gasteiger partial charge in [0.15, 0.2) is 0 Å². The zero-order valence-electron chi connectivity index (χ0n) is 12.0. The quantitative estimate of drug-likeness (QED) is 0.349. The summed E-state index contributed by atoms with van der Waals surface area (Å²) >= 11 is 0. The summed E-state index contributed by atoms with van der Waals surface area (Å²) in [5.41, 5.74) is -0.275. The summed E-state index contributed by atoms with van der Waals surface area (Å²) in [5, 5.41) is 0. The van der Waals surface area contributed by atoms with Crippen molar-refractivity contribution in [2.24, 2.45) is 0 Å². The van der Waals surface area contributed by atoms with E-state index in [0.29, 0.717) is 13.2 Å². The first-order chi connectivity index (χ1) is 8.53. The fourth-order valence-corrected chi connectivity index (χ4v) is 4.47. The molecular weight excluding hydrogens is 248 g/mol. The number of unbranched alkanes of at least 4 members (excludes halogenated alkanes) is 1. The van der Waals surface area contributed by atoms with Gasteiger partial charge in [-0.1, -0.05) is 26.3 Å². The van der Waals surface area contributed by atoms with Gasteiger partial charge in [-0.2, -0.15) is 0 Å². The van der Waals surface area contributed by atoms with Crippen LogP contribution in [0.1, 0.15) is 40.0 Å². The van der Waals surface area contributed by atoms with Crippen molar-refractivity contribution >= 4 is 14.5 Å². The lowest BCUT2D eigenvalue weighted by Crippen LogP contribution is -2.52. The van der Waals surface area contributed by atoms with E-state index < -0.39 is 14.5 Å². The van der Waals surface area contributed by atoms with Gasteiger partial charge in [-0.3, -0.25) is 0 Å². The molecule has 0 aliphatic carbocycles. The molecule has 0 heterocycles. The molecule has 0 saturated carbocycles. The van der Waals surface area contributed by atoms with E-state index in [4.69, 9.17) is 13.6 Å². The van der Waals surface area contributed by atoms with Crippen LogP contribution in [0.15, 0.2) is 12.7 Å². The highest BCUT2D eigenvalue weighted by molar-refractivity contribution is 6.67. The number of esters is 1. The molecule has 5 heteroatoms. The molecule has 0 aromatic rings. The SMILES string of the molecule is C=CC(=O)OC(CCCC)[Si](C)(OCC)OCC. The molecule has 0 aromatic heterocycles. The molecule has 0 rings (SSSR count). The maximum Gasteiger partial charge on any atom is 0.377 e. The van der Waals surface area contributed by atoms with Crippen molar-refractivity contribution < 1.29 is 18.4 Å². The van der Waals surface area contributed by atoms with Crippen molar-refractivity contribution in [3.63, 3.8) is 0 Å². The lowest BCUT2D eigenvalue weighted by molar-refractivity contribution is -0.141. The number of hydrogen-bond acceptors (Lipinski definition) is 4. The molecule has 0 aliphatic rings. The van der Waals surface area contributed by atoms with Gasteiger partial charge in [-0.05, 0) is 26.8 Å². The molecule has 0 aliphatic heterocycles. The summed E-state index contributed by atoms with van der Waals surface area (Å²) in [6.45, 7) is 12.5. The van der Waals surface area contributed by atoms with Gasteiger partial charge >= 0.3 is 14.5 Å². The third kappa shape index (κ3) is 5.80. The first kappa shape index (κ1) is 17.3. The smallest absolute Gasteiger partial charge is 0.377 e. The van der Waals surface area contributed by atoms with Crippen molar-refractivity contribution in [1.82, 2.24) is 0 Å². The van der Waals surface area contributed by atoms with Crippen LogP contribution >= 0.6 is 0 Å². The number of hydrogen-bond donors (Lipinski definition) is 0. The molecule has 0 spiro atoms. The molecule has 0 N–H and O–H groups in total. The third-order valence-corrected chi connectivity index (χ3v) is 5.99. The van der Waals surface area contributed by atoms with Crippen LogP contribution in [-0.4, -0.2) is 33.5 Å². The summed E-state index contributed by atoms with van der Waals surface area (Å²) in [6, 6.07) is 0. The van der Waals surface area contributed by atoms with Crippen LogP contribution < -0.4 is 0 Å². The van der Waals surface area contributed by atoms with Gasteiger partial charge in [-0.25, -0.2) is 4.79 Å². The molecule has 0 amide bonds. The average molecular weight is 274 g/mol. The van der Waals surface area contributed by atoms with Gasteiger partial charge in [0.1, 0.15) is 5.73 Å². The van der Waals surface area contributed by atoms with Gasteiger partial charge in [0, 0.05) is 19.3 Å². The summed E-state index contributed by atoms with van der Waals surface area (Å²) in [7, 11) is -2.49. The van der Waals surface area contributed by atoms with Gasteiger partial charge < -0.3 is 13.6 Å². The van der Waals surface area contributed by atoms with E-state index in [0.717, 1.165) is 19.3 Å². The van der Waals surface area contributed by atoms with Crippen LogP contribution in [0.3, 0.4) is 0 Å². The highest BCUT2D eigenvalue weighted by Crippen LogP contribution is 2.21. The van der Waals surface area contributed by atoms with Crippen LogP contribution in [0.5, 0.6) is 0 Å². The van der Waals surface area contributed by atoms with Crippen molar-refractivity contribution in [3.8, 4) is 0 Å². The standard InChI is InChI=1S/C13H26O4Si/c1-6-10-11-13(17-12(14)7-2)18(5,15-8-3)16-9-4/h7,13H,2,6,8-11H2,1,3-5H3. The normalized spacial score (nSPS) is 13.1. The van der Waals surface area contributed by atoms with Crippen LogP contribution in [0.4, 0.5) is 0 Å². The second-order valence-electron chi connectivity index (χ2n) is 4.15. The number of rotatable bonds is 10. The van der Waals surface area contributed by atoms with E-state index in [-0.39, 0.29) is 5.73 Å². The fraction of sp³-hybridized carbons (Fsp3) is 0.769. The van der Waals surface area contributed by atoms with Crippen LogP contribution in [0.25, 0.3) is 0 Å². The zero-order valence-corrected chi connectivity index (χ0v) is 13.0. The Labute approximate surface area is 112 Å². The summed E-state index contributed by atoms with van der Waals surface area (Å²) < 4.78 is 17.0. The molecule has 18 heavy (non-hydrogen) atoms. The van der Waals surface area contributed by atoms with Crippen LogP contribution in [0.2, 0.25) is 6.55 Å². The number of carbonyl (C=O) groups is 1. The van der Waals surface area contributed by atoms with Crippen LogP contribution in [0, 0.1) is 0 Å². The molecular formula is C13H26O4Si. The monoisotopic (exact) mass is 274 g/mol. The third-order valence-electron chi connectivity index (χ3n) is 2.69. The Morgan fingerprint density at radius 1 is 1.28 bits per heavy atom. The number of ether oxygens (including phenoxy) is 1. The second-order valence-corrected chi connectivity index (χ2v) is 7.41. The highest BCUT2D eigenvalue weighted by atomic mass is 28.4. The van der Waals surface area contributed by atoms with Crippen molar-refractivity contribution in [2.45, 2.75) is 52.3 Å². The maximum atomic E-state index is 11.4. The summed E-state index contributed by atoms with van der Waals surface area (Å²) in [5.74, 6) is -0.408. The Balaban J connectivity index is 4.83. The molecule has 0 fully saturated rings. The van der Waals surface area contributed by atoms with E-state index in [1.54, 1.807) is 0 Å². The van der Waals surface area contributed by atoms with E-state index in [9.17, 15) is 4.79 Å². The minimum absolute atomic E-state index is 0.275. The van der Waals surface area contributed by atoms with Gasteiger partial charge in [0.25, 0.3) is 0 Å². The summed E-state index contributed by atoms with van der Waals surface area (Å²) in [6.07, 6.45) is 3.99. The van der Waals surface area contributed by atoms with Crippen molar-refractivity contribution in [1.29, 1.82) is 0 Å². The lowest BCUT2D eigenvalue weighted by Gasteiger charge is -2.33. The predicted molar refractivity (Wildman–Crippen MR) is 74.5 cm³/mol. The first-order valence-corrected chi connectivity index (χ1v) is 9.04. The minimum Gasteiger partial charge on any atom is -0.457 e. The van der Waals surface area contributed by atoms with E-state index in [1.807, 2.05) is 20.4 Å².